The van der Waals surface area contributed by atoms with Crippen molar-refractivity contribution >= 4 is 39.6 Å². The maximum atomic E-state index is 12.5. The highest BCUT2D eigenvalue weighted by Gasteiger charge is 2.28. The molecule has 0 aromatic heterocycles. The van der Waals surface area contributed by atoms with Gasteiger partial charge in [-0.1, -0.05) is 18.2 Å². The summed E-state index contributed by atoms with van der Waals surface area (Å²) >= 11 is 1.86. The van der Waals surface area contributed by atoms with E-state index in [0.717, 1.165) is 33.4 Å². The molecular weight excluding hydrogens is 410 g/mol. The summed E-state index contributed by atoms with van der Waals surface area (Å²) < 4.78 is 31.3. The van der Waals surface area contributed by atoms with Gasteiger partial charge in [-0.05, 0) is 48.9 Å². The Kier molecular flexibility index (Phi) is 6.81. The number of amides is 1. The van der Waals surface area contributed by atoms with Crippen molar-refractivity contribution in [1.82, 2.24) is 5.43 Å². The van der Waals surface area contributed by atoms with Crippen LogP contribution in [0, 0.1) is 0 Å². The number of hydrogen-bond acceptors (Lipinski definition) is 6. The van der Waals surface area contributed by atoms with E-state index in [-0.39, 0.29) is 6.10 Å². The van der Waals surface area contributed by atoms with Gasteiger partial charge in [0.05, 0.1) is 18.2 Å². The normalized spacial score (nSPS) is 15.5. The van der Waals surface area contributed by atoms with E-state index < -0.39 is 22.0 Å². The molecular formula is C20H23N3O4S2. The van der Waals surface area contributed by atoms with Gasteiger partial charge in [0, 0.05) is 11.5 Å². The molecule has 1 saturated heterocycles. The molecule has 1 aliphatic rings. The molecule has 1 fully saturated rings. The molecule has 1 heterocycles. The number of hydrazone groups is 1. The van der Waals surface area contributed by atoms with Crippen molar-refractivity contribution in [3.05, 3.63) is 60.2 Å². The van der Waals surface area contributed by atoms with Crippen molar-refractivity contribution < 1.29 is 17.9 Å². The summed E-state index contributed by atoms with van der Waals surface area (Å²) in [6, 6.07) is 14.9. The second-order valence-electron chi connectivity index (χ2n) is 6.65. The Hall–Kier alpha value is -2.52. The third kappa shape index (κ3) is 5.74. The minimum atomic E-state index is -3.65. The summed E-state index contributed by atoms with van der Waals surface area (Å²) in [5, 5.41) is 3.95. The summed E-state index contributed by atoms with van der Waals surface area (Å²) in [7, 11) is -3.65. The van der Waals surface area contributed by atoms with Crippen molar-refractivity contribution in [2.75, 3.05) is 22.1 Å². The number of benzene rings is 2. The lowest BCUT2D eigenvalue weighted by molar-refractivity contribution is -0.121. The molecule has 0 saturated carbocycles. The first-order valence-corrected chi connectivity index (χ1v) is 12.1. The summed E-state index contributed by atoms with van der Waals surface area (Å²) in [5.41, 5.74) is 3.62. The van der Waals surface area contributed by atoms with Gasteiger partial charge in [-0.15, -0.1) is 0 Å². The van der Waals surface area contributed by atoms with Crippen LogP contribution < -0.4 is 14.5 Å². The maximum absolute atomic E-state index is 12.5. The van der Waals surface area contributed by atoms with E-state index >= 15 is 0 Å². The van der Waals surface area contributed by atoms with E-state index in [0.29, 0.717) is 5.69 Å². The second kappa shape index (κ2) is 9.32. The highest BCUT2D eigenvalue weighted by atomic mass is 32.2. The van der Waals surface area contributed by atoms with Crippen molar-refractivity contribution in [2.45, 2.75) is 19.1 Å². The van der Waals surface area contributed by atoms with Crippen LogP contribution >= 0.6 is 11.8 Å². The van der Waals surface area contributed by atoms with Gasteiger partial charge in [0.25, 0.3) is 5.91 Å². The van der Waals surface area contributed by atoms with Gasteiger partial charge < -0.3 is 4.74 Å². The van der Waals surface area contributed by atoms with E-state index in [9.17, 15) is 13.2 Å². The van der Waals surface area contributed by atoms with Gasteiger partial charge in [-0.2, -0.15) is 16.9 Å². The average Bonchev–Trinajstić information content (AvgIpc) is 2.65. The van der Waals surface area contributed by atoms with E-state index in [1.165, 1.54) is 13.1 Å². The number of nitrogens with one attached hydrogen (secondary N) is 1. The van der Waals surface area contributed by atoms with Crippen LogP contribution in [-0.4, -0.2) is 50.4 Å². The van der Waals surface area contributed by atoms with Crippen molar-refractivity contribution in [3.8, 4) is 5.75 Å². The maximum Gasteiger partial charge on any atom is 0.263 e. The molecule has 0 bridgehead atoms. The van der Waals surface area contributed by atoms with Gasteiger partial charge in [0.2, 0.25) is 10.0 Å². The van der Waals surface area contributed by atoms with E-state index in [2.05, 4.69) is 10.5 Å². The van der Waals surface area contributed by atoms with Crippen LogP contribution in [0.5, 0.6) is 5.75 Å². The molecule has 3 rings (SSSR count). The van der Waals surface area contributed by atoms with E-state index in [1.807, 2.05) is 36.0 Å². The number of ether oxygens (including phenoxy) is 1. The van der Waals surface area contributed by atoms with Crippen LogP contribution in [0.4, 0.5) is 5.69 Å². The highest BCUT2D eigenvalue weighted by Crippen LogP contribution is 2.24. The van der Waals surface area contributed by atoms with Crippen LogP contribution in [0.3, 0.4) is 0 Å². The molecule has 1 N–H and O–H groups in total. The smallest absolute Gasteiger partial charge is 0.263 e. The lowest BCUT2D eigenvalue weighted by atomic mass is 10.2. The molecule has 154 valence electrons. The number of nitrogens with zero attached hydrogens (tertiary/aromatic N) is 2. The number of rotatable bonds is 8. The van der Waals surface area contributed by atoms with Gasteiger partial charge in [-0.25, -0.2) is 13.8 Å². The quantitative estimate of drug-likeness (QED) is 0.510. The Morgan fingerprint density at radius 3 is 2.41 bits per heavy atom. The second-order valence-corrected chi connectivity index (χ2v) is 9.59. The minimum Gasteiger partial charge on any atom is -0.489 e. The van der Waals surface area contributed by atoms with Crippen LogP contribution in [0.1, 0.15) is 12.5 Å². The number of anilines is 1. The molecule has 2 aromatic rings. The molecule has 29 heavy (non-hydrogen) atoms. The first-order chi connectivity index (χ1) is 13.8. The largest absolute Gasteiger partial charge is 0.489 e. The lowest BCUT2D eigenvalue weighted by Crippen LogP contribution is -2.46. The monoisotopic (exact) mass is 433 g/mol. The SMILES string of the molecule is C[C@H](C(=O)N/N=C\c1ccc(OC2CSC2)cc1)N(c1ccccc1)S(C)(=O)=O. The average molecular weight is 434 g/mol. The molecule has 1 atom stereocenters. The first kappa shape index (κ1) is 21.2. The Morgan fingerprint density at radius 2 is 1.86 bits per heavy atom. The first-order valence-electron chi connectivity index (χ1n) is 9.06. The molecule has 1 aliphatic heterocycles. The van der Waals surface area contributed by atoms with Gasteiger partial charge in [-0.3, -0.25) is 9.10 Å². The molecule has 0 spiro atoms. The molecule has 0 aliphatic carbocycles. The minimum absolute atomic E-state index is 0.280. The molecule has 0 unspecified atom stereocenters. The third-order valence-corrected chi connectivity index (χ3v) is 6.73. The predicted octanol–water partition coefficient (Wildman–Crippen LogP) is 2.49. The van der Waals surface area contributed by atoms with Crippen molar-refractivity contribution in [2.24, 2.45) is 5.10 Å². The molecule has 0 radical (unpaired) electrons. The number of para-hydroxylation sites is 1. The fourth-order valence-electron chi connectivity index (χ4n) is 2.75. The third-order valence-electron chi connectivity index (χ3n) is 4.28. The molecule has 9 heteroatoms. The van der Waals surface area contributed by atoms with E-state index in [4.69, 9.17) is 4.74 Å². The van der Waals surface area contributed by atoms with Gasteiger partial charge in [0.1, 0.15) is 17.9 Å². The van der Waals surface area contributed by atoms with Crippen molar-refractivity contribution in [3.63, 3.8) is 0 Å². The summed E-state index contributed by atoms with van der Waals surface area (Å²) in [6.45, 7) is 1.52. The van der Waals surface area contributed by atoms with Crippen LogP contribution in [0.25, 0.3) is 0 Å². The van der Waals surface area contributed by atoms with Gasteiger partial charge >= 0.3 is 0 Å². The van der Waals surface area contributed by atoms with E-state index in [1.54, 1.807) is 30.3 Å². The standard InChI is InChI=1S/C20H23N3O4S2/c1-15(23(29(2,25)26)17-6-4-3-5-7-17)20(24)22-21-12-16-8-10-18(11-9-16)27-19-13-28-14-19/h3-12,15,19H,13-14H2,1-2H3,(H,22,24)/b21-12-/t15-/m1/s1. The molecule has 7 nitrogen and oxygen atoms in total. The Labute approximate surface area is 175 Å². The number of carbonyl (C=O) groups is 1. The molecule has 1 amide bonds. The predicted molar refractivity (Wildman–Crippen MR) is 117 cm³/mol. The van der Waals surface area contributed by atoms with Crippen LogP contribution in [-0.2, 0) is 14.8 Å². The number of hydrogen-bond donors (Lipinski definition) is 1. The van der Waals surface area contributed by atoms with Gasteiger partial charge in [0.15, 0.2) is 0 Å². The zero-order valence-corrected chi connectivity index (χ0v) is 17.8. The summed E-state index contributed by atoms with van der Waals surface area (Å²) in [4.78, 5) is 12.5. The summed E-state index contributed by atoms with van der Waals surface area (Å²) in [5.74, 6) is 2.30. The Balaban J connectivity index is 1.61. The Morgan fingerprint density at radius 1 is 1.21 bits per heavy atom. The van der Waals surface area contributed by atoms with Crippen LogP contribution in [0.2, 0.25) is 0 Å². The summed E-state index contributed by atoms with van der Waals surface area (Å²) in [6.07, 6.45) is 2.85. The topological polar surface area (TPSA) is 88.1 Å². The number of sulfonamides is 1. The fourth-order valence-corrected chi connectivity index (χ4v) is 4.49. The zero-order valence-electron chi connectivity index (χ0n) is 16.2. The van der Waals surface area contributed by atoms with Crippen LogP contribution in [0.15, 0.2) is 59.7 Å². The number of thioether (sulfide) groups is 1. The number of carbonyl (C=O) groups excluding carboxylic acids is 1. The fraction of sp³-hybridized carbons (Fsp3) is 0.300. The Bertz CT molecular complexity index is 959. The zero-order chi connectivity index (χ0) is 20.9. The molecule has 2 aromatic carbocycles. The lowest BCUT2D eigenvalue weighted by Gasteiger charge is -2.27. The highest BCUT2D eigenvalue weighted by molar-refractivity contribution is 8.00. The van der Waals surface area contributed by atoms with Crippen molar-refractivity contribution in [1.29, 1.82) is 0 Å².